The maximum Gasteiger partial charge on any atom is 0.222 e. The summed E-state index contributed by atoms with van der Waals surface area (Å²) in [7, 11) is 0. The molecule has 9 nitrogen and oxygen atoms in total. The van der Waals surface area contributed by atoms with Crippen LogP contribution < -0.4 is 15.4 Å². The first-order chi connectivity index (χ1) is 18.8. The Balaban J connectivity index is 1.63. The molecule has 4 aromatic rings. The molecule has 3 aromatic carbocycles. The maximum absolute atomic E-state index is 12.7. The Morgan fingerprint density at radius 1 is 1.03 bits per heavy atom. The van der Waals surface area contributed by atoms with Gasteiger partial charge in [-0.3, -0.25) is 19.1 Å². The number of aliphatic imine (C=N–C) groups is 1. The number of aromatic nitrogens is 3. The first-order valence-electron chi connectivity index (χ1n) is 12.5. The van der Waals surface area contributed by atoms with E-state index in [1.165, 1.54) is 6.92 Å². The monoisotopic (exact) mass is 542 g/mol. The average molecular weight is 543 g/mol. The van der Waals surface area contributed by atoms with Gasteiger partial charge in [0.1, 0.15) is 23.4 Å². The molecule has 1 atom stereocenters. The van der Waals surface area contributed by atoms with Crippen LogP contribution in [0, 0.1) is 6.92 Å². The molecule has 0 bridgehead atoms. The van der Waals surface area contributed by atoms with Crippen molar-refractivity contribution in [3.8, 4) is 17.2 Å². The number of nitrogens with zero attached hydrogens (tertiary/aromatic N) is 4. The second kappa shape index (κ2) is 11.1. The minimum atomic E-state index is -0.561. The first kappa shape index (κ1) is 26.1. The average Bonchev–Trinajstić information content (AvgIpc) is 3.22. The number of ether oxygens (including phenoxy) is 1. The predicted octanol–water partition coefficient (Wildman–Crippen LogP) is 5.40. The number of amides is 2. The van der Waals surface area contributed by atoms with Gasteiger partial charge in [0, 0.05) is 41.4 Å². The van der Waals surface area contributed by atoms with Crippen molar-refractivity contribution in [2.75, 3.05) is 11.9 Å². The van der Waals surface area contributed by atoms with E-state index in [1.807, 2.05) is 73.0 Å². The van der Waals surface area contributed by atoms with Gasteiger partial charge in [0.15, 0.2) is 5.82 Å². The van der Waals surface area contributed by atoms with Crippen molar-refractivity contribution in [2.24, 2.45) is 4.99 Å². The molecule has 1 aromatic heterocycles. The number of halogens is 1. The molecule has 0 saturated heterocycles. The van der Waals surface area contributed by atoms with Crippen LogP contribution in [0.3, 0.4) is 0 Å². The first-order valence-corrected chi connectivity index (χ1v) is 12.9. The normalized spacial score (nSPS) is 13.9. The fourth-order valence-electron chi connectivity index (χ4n) is 4.53. The molecule has 0 unspecified atom stereocenters. The van der Waals surface area contributed by atoms with Crippen molar-refractivity contribution in [3.63, 3.8) is 0 Å². The number of carbonyl (C=O) groups is 2. The lowest BCUT2D eigenvalue weighted by molar-refractivity contribution is -0.121. The molecule has 39 heavy (non-hydrogen) atoms. The van der Waals surface area contributed by atoms with E-state index in [1.54, 1.807) is 12.1 Å². The molecule has 0 saturated carbocycles. The molecular formula is C29H27ClN6O3. The summed E-state index contributed by atoms with van der Waals surface area (Å²) in [6.07, 6.45) is 0.121. The summed E-state index contributed by atoms with van der Waals surface area (Å²) in [5, 5.41) is 15.0. The number of anilines is 1. The Labute approximate surface area is 230 Å². The van der Waals surface area contributed by atoms with Gasteiger partial charge in [-0.05, 0) is 56.3 Å². The molecule has 2 N–H and O–H groups in total. The molecule has 0 aliphatic carbocycles. The zero-order valence-electron chi connectivity index (χ0n) is 21.7. The van der Waals surface area contributed by atoms with E-state index in [2.05, 4.69) is 20.8 Å². The van der Waals surface area contributed by atoms with Gasteiger partial charge < -0.3 is 15.4 Å². The molecule has 0 radical (unpaired) electrons. The molecule has 5 rings (SSSR count). The van der Waals surface area contributed by atoms with Gasteiger partial charge in [-0.25, -0.2) is 0 Å². The van der Waals surface area contributed by atoms with E-state index < -0.39 is 6.04 Å². The van der Waals surface area contributed by atoms with Crippen LogP contribution in [-0.4, -0.2) is 38.8 Å². The Morgan fingerprint density at radius 2 is 1.79 bits per heavy atom. The summed E-state index contributed by atoms with van der Waals surface area (Å²) in [5.41, 5.74) is 3.76. The van der Waals surface area contributed by atoms with Crippen LogP contribution in [0.15, 0.2) is 71.7 Å². The van der Waals surface area contributed by atoms with Gasteiger partial charge >= 0.3 is 0 Å². The number of benzene rings is 3. The van der Waals surface area contributed by atoms with Crippen molar-refractivity contribution in [1.29, 1.82) is 0 Å². The molecule has 0 spiro atoms. The Bertz CT molecular complexity index is 1580. The molecular weight excluding hydrogens is 516 g/mol. The van der Waals surface area contributed by atoms with Crippen LogP contribution >= 0.6 is 11.6 Å². The lowest BCUT2D eigenvalue weighted by Gasteiger charge is -2.15. The van der Waals surface area contributed by atoms with Crippen LogP contribution in [0.5, 0.6) is 11.5 Å². The van der Waals surface area contributed by atoms with Crippen molar-refractivity contribution in [2.45, 2.75) is 33.2 Å². The standard InChI is InChI=1S/C29H27ClN6O3/c1-4-31-27(38)16-25-29-35-34-17(2)36(29)26-13-12-23(39-22-7-5-6-21(14-22)32-18(3)37)15-24(26)28(33-25)19-8-10-20(30)11-9-19/h5-15,25H,4,16H2,1-3H3,(H,31,38)(H,32,37)/t25-/m0/s1. The minimum absolute atomic E-state index is 0.121. The zero-order chi connectivity index (χ0) is 27.5. The lowest BCUT2D eigenvalue weighted by Crippen LogP contribution is -2.25. The number of fused-ring (bicyclic) bond motifs is 3. The van der Waals surface area contributed by atoms with E-state index in [9.17, 15) is 9.59 Å². The third kappa shape index (κ3) is 5.68. The number of rotatable bonds is 7. The predicted molar refractivity (Wildman–Crippen MR) is 150 cm³/mol. The van der Waals surface area contributed by atoms with Gasteiger partial charge in [0.2, 0.25) is 11.8 Å². The number of nitrogens with one attached hydrogen (secondary N) is 2. The fourth-order valence-corrected chi connectivity index (χ4v) is 4.66. The number of hydrogen-bond acceptors (Lipinski definition) is 6. The molecule has 1 aliphatic heterocycles. The van der Waals surface area contributed by atoms with E-state index in [-0.39, 0.29) is 18.2 Å². The van der Waals surface area contributed by atoms with E-state index in [4.69, 9.17) is 21.3 Å². The van der Waals surface area contributed by atoms with Gasteiger partial charge in [-0.15, -0.1) is 10.2 Å². The minimum Gasteiger partial charge on any atom is -0.457 e. The molecule has 198 valence electrons. The van der Waals surface area contributed by atoms with Gasteiger partial charge in [0.25, 0.3) is 0 Å². The summed E-state index contributed by atoms with van der Waals surface area (Å²) >= 11 is 6.19. The van der Waals surface area contributed by atoms with E-state index in [0.29, 0.717) is 46.1 Å². The quantitative estimate of drug-likeness (QED) is 0.325. The van der Waals surface area contributed by atoms with Gasteiger partial charge in [-0.1, -0.05) is 29.8 Å². The second-order valence-corrected chi connectivity index (χ2v) is 9.53. The molecule has 2 heterocycles. The molecule has 0 fully saturated rings. The maximum atomic E-state index is 12.7. The summed E-state index contributed by atoms with van der Waals surface area (Å²) in [4.78, 5) is 29.2. The molecule has 1 aliphatic rings. The SMILES string of the molecule is CCNC(=O)C[C@@H]1N=C(c2ccc(Cl)cc2)c2cc(Oc3cccc(NC(C)=O)c3)ccc2-n2c(C)nnc21. The number of hydrogen-bond donors (Lipinski definition) is 2. The highest BCUT2D eigenvalue weighted by molar-refractivity contribution is 6.30. The molecule has 10 heteroatoms. The van der Waals surface area contributed by atoms with Crippen LogP contribution in [0.25, 0.3) is 5.69 Å². The van der Waals surface area contributed by atoms with Crippen molar-refractivity contribution >= 4 is 34.8 Å². The van der Waals surface area contributed by atoms with Crippen molar-refractivity contribution in [3.05, 3.63) is 94.5 Å². The Kier molecular flexibility index (Phi) is 7.42. The zero-order valence-corrected chi connectivity index (χ0v) is 22.5. The van der Waals surface area contributed by atoms with Crippen LogP contribution in [0.4, 0.5) is 5.69 Å². The topological polar surface area (TPSA) is 110 Å². The fraction of sp³-hybridized carbons (Fsp3) is 0.207. The third-order valence-corrected chi connectivity index (χ3v) is 6.41. The summed E-state index contributed by atoms with van der Waals surface area (Å²) in [6.45, 7) is 5.73. The Hall–Kier alpha value is -4.50. The smallest absolute Gasteiger partial charge is 0.222 e. The number of carbonyl (C=O) groups excluding carboxylic acids is 2. The molecule has 2 amide bonds. The number of aryl methyl sites for hydroxylation is 1. The van der Waals surface area contributed by atoms with Crippen LogP contribution in [0.2, 0.25) is 5.02 Å². The highest BCUT2D eigenvalue weighted by Crippen LogP contribution is 2.35. The van der Waals surface area contributed by atoms with Gasteiger partial charge in [0.05, 0.1) is 17.8 Å². The third-order valence-electron chi connectivity index (χ3n) is 6.16. The highest BCUT2D eigenvalue weighted by Gasteiger charge is 2.30. The van der Waals surface area contributed by atoms with Gasteiger partial charge in [-0.2, -0.15) is 0 Å². The second-order valence-electron chi connectivity index (χ2n) is 9.09. The van der Waals surface area contributed by atoms with Crippen molar-refractivity contribution in [1.82, 2.24) is 20.1 Å². The highest BCUT2D eigenvalue weighted by atomic mass is 35.5. The van der Waals surface area contributed by atoms with E-state index in [0.717, 1.165) is 16.8 Å². The van der Waals surface area contributed by atoms with Crippen LogP contribution in [0.1, 0.15) is 49.1 Å². The largest absolute Gasteiger partial charge is 0.457 e. The summed E-state index contributed by atoms with van der Waals surface area (Å²) < 4.78 is 8.14. The van der Waals surface area contributed by atoms with Crippen molar-refractivity contribution < 1.29 is 14.3 Å². The van der Waals surface area contributed by atoms with E-state index >= 15 is 0 Å². The van der Waals surface area contributed by atoms with Crippen LogP contribution in [-0.2, 0) is 9.59 Å². The summed E-state index contributed by atoms with van der Waals surface area (Å²) in [6, 6.07) is 19.7. The summed E-state index contributed by atoms with van der Waals surface area (Å²) in [5.74, 6) is 2.11. The lowest BCUT2D eigenvalue weighted by atomic mass is 10.00. The Morgan fingerprint density at radius 3 is 2.54 bits per heavy atom.